The Labute approximate surface area is 117 Å². The molecule has 0 bridgehead atoms. The third-order valence-corrected chi connectivity index (χ3v) is 3.51. The summed E-state index contributed by atoms with van der Waals surface area (Å²) in [5, 5.41) is 14.5. The number of carbonyl (C=O) groups is 2. The van der Waals surface area contributed by atoms with Crippen LogP contribution in [-0.2, 0) is 0 Å². The first kappa shape index (κ1) is 14.2. The Morgan fingerprint density at radius 1 is 1.40 bits per heavy atom. The van der Waals surface area contributed by atoms with Gasteiger partial charge in [0.2, 0.25) is 0 Å². The summed E-state index contributed by atoms with van der Waals surface area (Å²) in [7, 11) is 1.39. The molecule has 1 atom stereocenters. The monoisotopic (exact) mass is 278 g/mol. The number of hydrogen-bond acceptors (Lipinski definition) is 3. The van der Waals surface area contributed by atoms with Gasteiger partial charge in [0.15, 0.2) is 0 Å². The number of amides is 2. The van der Waals surface area contributed by atoms with Gasteiger partial charge in [0.1, 0.15) is 11.3 Å². The fourth-order valence-electron chi connectivity index (χ4n) is 1.98. The maximum Gasteiger partial charge on any atom is 0.339 e. The smallest absolute Gasteiger partial charge is 0.339 e. The van der Waals surface area contributed by atoms with Gasteiger partial charge in [-0.15, -0.1) is 0 Å². The lowest BCUT2D eigenvalue weighted by Gasteiger charge is -2.11. The maximum atomic E-state index is 11.8. The molecule has 3 N–H and O–H groups in total. The van der Waals surface area contributed by atoms with Crippen molar-refractivity contribution in [1.82, 2.24) is 5.32 Å². The molecule has 1 aliphatic rings. The second-order valence-corrected chi connectivity index (χ2v) is 5.56. The van der Waals surface area contributed by atoms with Gasteiger partial charge >= 0.3 is 12.0 Å². The summed E-state index contributed by atoms with van der Waals surface area (Å²) in [5.74, 6) is -0.861. The van der Waals surface area contributed by atoms with E-state index in [-0.39, 0.29) is 28.8 Å². The van der Waals surface area contributed by atoms with Crippen LogP contribution in [0.15, 0.2) is 18.2 Å². The van der Waals surface area contributed by atoms with Crippen molar-refractivity contribution in [1.29, 1.82) is 0 Å². The van der Waals surface area contributed by atoms with Crippen molar-refractivity contribution in [3.63, 3.8) is 0 Å². The van der Waals surface area contributed by atoms with Crippen LogP contribution in [0.1, 0.15) is 30.6 Å². The number of methoxy groups -OCH3 is 1. The van der Waals surface area contributed by atoms with E-state index in [2.05, 4.69) is 24.5 Å². The summed E-state index contributed by atoms with van der Waals surface area (Å²) in [5.41, 5.74) is 0.701. The van der Waals surface area contributed by atoms with Gasteiger partial charge in [-0.2, -0.15) is 0 Å². The first-order chi connectivity index (χ1) is 9.33. The van der Waals surface area contributed by atoms with Crippen molar-refractivity contribution in [3.8, 4) is 5.75 Å². The summed E-state index contributed by atoms with van der Waals surface area (Å²) >= 11 is 0. The Morgan fingerprint density at radius 2 is 2.05 bits per heavy atom. The molecule has 6 nitrogen and oxygen atoms in total. The number of nitrogens with one attached hydrogen (secondary N) is 2. The van der Waals surface area contributed by atoms with E-state index in [4.69, 9.17) is 9.84 Å². The molecular formula is C14H18N2O4. The number of ether oxygens (including phenoxy) is 1. The first-order valence-electron chi connectivity index (χ1n) is 6.32. The zero-order valence-electron chi connectivity index (χ0n) is 11.7. The van der Waals surface area contributed by atoms with Crippen molar-refractivity contribution in [2.45, 2.75) is 26.3 Å². The summed E-state index contributed by atoms with van der Waals surface area (Å²) in [6.45, 7) is 4.17. The lowest BCUT2D eigenvalue weighted by atomic mass is 10.2. The van der Waals surface area contributed by atoms with Crippen molar-refractivity contribution in [2.24, 2.45) is 5.41 Å². The Kier molecular flexibility index (Phi) is 3.57. The highest BCUT2D eigenvalue weighted by atomic mass is 16.5. The molecule has 1 saturated carbocycles. The van der Waals surface area contributed by atoms with Crippen LogP contribution in [0.3, 0.4) is 0 Å². The Hall–Kier alpha value is -2.24. The molecule has 0 spiro atoms. The molecule has 0 aliphatic heterocycles. The van der Waals surface area contributed by atoms with E-state index in [0.29, 0.717) is 5.69 Å². The minimum atomic E-state index is -1.07. The van der Waals surface area contributed by atoms with Crippen LogP contribution >= 0.6 is 0 Å². The second-order valence-electron chi connectivity index (χ2n) is 5.56. The van der Waals surface area contributed by atoms with E-state index in [9.17, 15) is 9.59 Å². The summed E-state index contributed by atoms with van der Waals surface area (Å²) in [6, 6.07) is 4.30. The SMILES string of the molecule is COc1cc(NC(=O)NC2CC2(C)C)ccc1C(=O)O. The molecule has 0 radical (unpaired) electrons. The Morgan fingerprint density at radius 3 is 2.55 bits per heavy atom. The largest absolute Gasteiger partial charge is 0.496 e. The van der Waals surface area contributed by atoms with Crippen LogP contribution in [0.4, 0.5) is 10.5 Å². The van der Waals surface area contributed by atoms with Gasteiger partial charge in [-0.3, -0.25) is 0 Å². The summed E-state index contributed by atoms with van der Waals surface area (Å²) in [4.78, 5) is 22.7. The predicted molar refractivity (Wildman–Crippen MR) is 74.3 cm³/mol. The van der Waals surface area contributed by atoms with E-state index in [0.717, 1.165) is 6.42 Å². The highest BCUT2D eigenvalue weighted by Crippen LogP contribution is 2.44. The molecule has 20 heavy (non-hydrogen) atoms. The van der Waals surface area contributed by atoms with Gasteiger partial charge in [0.05, 0.1) is 7.11 Å². The number of benzene rings is 1. The molecule has 0 aromatic heterocycles. The zero-order valence-corrected chi connectivity index (χ0v) is 11.7. The summed E-state index contributed by atoms with van der Waals surface area (Å²) < 4.78 is 5.00. The normalized spacial score (nSPS) is 19.1. The van der Waals surface area contributed by atoms with E-state index >= 15 is 0 Å². The standard InChI is InChI=1S/C14H18N2O4/c1-14(2)7-11(14)16-13(19)15-8-4-5-9(12(17)18)10(6-8)20-3/h4-6,11H,7H2,1-3H3,(H,17,18)(H2,15,16,19). The number of aromatic carboxylic acids is 1. The first-order valence-corrected chi connectivity index (χ1v) is 6.32. The number of anilines is 1. The number of carbonyl (C=O) groups excluding carboxylic acids is 1. The Bertz CT molecular complexity index is 554. The molecule has 1 fully saturated rings. The fourth-order valence-corrected chi connectivity index (χ4v) is 1.98. The second kappa shape index (κ2) is 5.03. The molecular weight excluding hydrogens is 260 g/mol. The van der Waals surface area contributed by atoms with Gasteiger partial charge in [0.25, 0.3) is 0 Å². The van der Waals surface area contributed by atoms with Crippen LogP contribution in [0.5, 0.6) is 5.75 Å². The van der Waals surface area contributed by atoms with E-state index in [1.54, 1.807) is 0 Å². The molecule has 2 amide bonds. The minimum absolute atomic E-state index is 0.0572. The quantitative estimate of drug-likeness (QED) is 0.788. The van der Waals surface area contributed by atoms with Crippen LogP contribution in [-0.4, -0.2) is 30.3 Å². The van der Waals surface area contributed by atoms with Crippen LogP contribution < -0.4 is 15.4 Å². The van der Waals surface area contributed by atoms with Gasteiger partial charge < -0.3 is 20.5 Å². The van der Waals surface area contributed by atoms with Gasteiger partial charge in [-0.05, 0) is 24.0 Å². The highest BCUT2D eigenvalue weighted by molar-refractivity contribution is 5.94. The Balaban J connectivity index is 2.03. The number of hydrogen-bond donors (Lipinski definition) is 3. The highest BCUT2D eigenvalue weighted by Gasteiger charge is 2.46. The van der Waals surface area contributed by atoms with Crippen LogP contribution in [0.2, 0.25) is 0 Å². The van der Waals surface area contributed by atoms with E-state index < -0.39 is 5.97 Å². The molecule has 1 aromatic carbocycles. The summed E-state index contributed by atoms with van der Waals surface area (Å²) in [6.07, 6.45) is 0.960. The third-order valence-electron chi connectivity index (χ3n) is 3.51. The van der Waals surface area contributed by atoms with Crippen molar-refractivity contribution in [2.75, 3.05) is 12.4 Å². The average molecular weight is 278 g/mol. The number of rotatable bonds is 4. The molecule has 1 aliphatic carbocycles. The van der Waals surface area contributed by atoms with E-state index in [1.807, 2.05) is 0 Å². The molecule has 2 rings (SSSR count). The predicted octanol–water partition coefficient (Wildman–Crippen LogP) is 2.31. The van der Waals surface area contributed by atoms with E-state index in [1.165, 1.54) is 25.3 Å². The third kappa shape index (κ3) is 3.01. The lowest BCUT2D eigenvalue weighted by Crippen LogP contribution is -2.32. The van der Waals surface area contributed by atoms with Gasteiger partial charge in [0, 0.05) is 17.8 Å². The topological polar surface area (TPSA) is 87.7 Å². The molecule has 6 heteroatoms. The molecule has 1 unspecified atom stereocenters. The molecule has 108 valence electrons. The maximum absolute atomic E-state index is 11.8. The van der Waals surface area contributed by atoms with Crippen molar-refractivity contribution in [3.05, 3.63) is 23.8 Å². The number of urea groups is 1. The lowest BCUT2D eigenvalue weighted by molar-refractivity contribution is 0.0693. The zero-order chi connectivity index (χ0) is 14.9. The van der Waals surface area contributed by atoms with Gasteiger partial charge in [-0.25, -0.2) is 9.59 Å². The minimum Gasteiger partial charge on any atom is -0.496 e. The molecule has 1 aromatic rings. The molecule has 0 saturated heterocycles. The van der Waals surface area contributed by atoms with Crippen molar-refractivity contribution >= 4 is 17.7 Å². The molecule has 0 heterocycles. The van der Waals surface area contributed by atoms with Crippen LogP contribution in [0, 0.1) is 5.41 Å². The average Bonchev–Trinajstić information content (AvgIpc) is 2.95. The van der Waals surface area contributed by atoms with Gasteiger partial charge in [-0.1, -0.05) is 13.8 Å². The van der Waals surface area contributed by atoms with Crippen LogP contribution in [0.25, 0.3) is 0 Å². The number of carboxylic acids is 1. The fraction of sp³-hybridized carbons (Fsp3) is 0.429. The number of carboxylic acid groups (broad SMARTS) is 1. The van der Waals surface area contributed by atoms with Crippen molar-refractivity contribution < 1.29 is 19.4 Å².